The zero-order chi connectivity index (χ0) is 14.8. The molecule has 7 nitrogen and oxygen atoms in total. The first-order valence-corrected chi connectivity index (χ1v) is 7.36. The van der Waals surface area contributed by atoms with E-state index >= 15 is 0 Å². The number of nitrogens with zero attached hydrogens (tertiary/aromatic N) is 4. The van der Waals surface area contributed by atoms with E-state index in [-0.39, 0.29) is 12.6 Å². The summed E-state index contributed by atoms with van der Waals surface area (Å²) >= 11 is 0. The van der Waals surface area contributed by atoms with Crippen LogP contribution in [-0.2, 0) is 0 Å². The Morgan fingerprint density at radius 1 is 1.52 bits per heavy atom. The Kier molecular flexibility index (Phi) is 3.94. The van der Waals surface area contributed by atoms with E-state index in [9.17, 15) is 0 Å². The molecular formula is C14H22N6O. The van der Waals surface area contributed by atoms with Crippen molar-refractivity contribution in [1.82, 2.24) is 14.6 Å². The predicted molar refractivity (Wildman–Crippen MR) is 82.6 cm³/mol. The van der Waals surface area contributed by atoms with Crippen LogP contribution in [0, 0.1) is 0 Å². The van der Waals surface area contributed by atoms with Crippen molar-refractivity contribution < 1.29 is 5.11 Å². The minimum atomic E-state index is 0.100. The number of aliphatic hydroxyl groups is 1. The largest absolute Gasteiger partial charge is 0.395 e. The fourth-order valence-electron chi connectivity index (χ4n) is 2.82. The molecule has 2 atom stereocenters. The molecule has 7 heteroatoms. The van der Waals surface area contributed by atoms with Crippen LogP contribution in [0.5, 0.6) is 0 Å². The smallest absolute Gasteiger partial charge is 0.159 e. The molecule has 114 valence electrons. The summed E-state index contributed by atoms with van der Waals surface area (Å²) in [5, 5.41) is 16.9. The normalized spacial score (nSPS) is 21.9. The molecule has 0 aliphatic heterocycles. The third kappa shape index (κ3) is 2.93. The van der Waals surface area contributed by atoms with Crippen molar-refractivity contribution >= 4 is 17.3 Å². The van der Waals surface area contributed by atoms with Gasteiger partial charge in [0.15, 0.2) is 5.65 Å². The Hall–Kier alpha value is -1.86. The third-order valence-electron chi connectivity index (χ3n) is 4.00. The number of aromatic nitrogens is 3. The van der Waals surface area contributed by atoms with Crippen LogP contribution in [0.25, 0.3) is 5.65 Å². The number of hydrogen-bond acceptors (Lipinski definition) is 6. The summed E-state index contributed by atoms with van der Waals surface area (Å²) in [5.41, 5.74) is 6.77. The minimum absolute atomic E-state index is 0.100. The molecule has 0 aromatic carbocycles. The van der Waals surface area contributed by atoms with Crippen molar-refractivity contribution in [2.75, 3.05) is 30.4 Å². The Morgan fingerprint density at radius 2 is 2.38 bits per heavy atom. The molecular weight excluding hydrogens is 268 g/mol. The van der Waals surface area contributed by atoms with Gasteiger partial charge in [-0.25, -0.2) is 4.98 Å². The Bertz CT molecular complexity index is 613. The molecule has 1 saturated carbocycles. The van der Waals surface area contributed by atoms with Crippen LogP contribution in [0.4, 0.5) is 11.6 Å². The first-order chi connectivity index (χ1) is 10.2. The average Bonchev–Trinajstić information content (AvgIpc) is 3.08. The van der Waals surface area contributed by atoms with Gasteiger partial charge in [0.1, 0.15) is 11.6 Å². The zero-order valence-electron chi connectivity index (χ0n) is 12.2. The molecule has 0 spiro atoms. The molecule has 2 aromatic rings. The van der Waals surface area contributed by atoms with Crippen molar-refractivity contribution in [3.63, 3.8) is 0 Å². The van der Waals surface area contributed by atoms with Gasteiger partial charge in [-0.2, -0.15) is 9.61 Å². The summed E-state index contributed by atoms with van der Waals surface area (Å²) in [7, 11) is 1.92. The maximum Gasteiger partial charge on any atom is 0.159 e. The highest BCUT2D eigenvalue weighted by Crippen LogP contribution is 2.24. The second kappa shape index (κ2) is 5.87. The summed E-state index contributed by atoms with van der Waals surface area (Å²) in [6.07, 6.45) is 4.85. The molecule has 0 unspecified atom stereocenters. The fourth-order valence-corrected chi connectivity index (χ4v) is 2.82. The maximum atomic E-state index is 9.08. The van der Waals surface area contributed by atoms with E-state index in [0.29, 0.717) is 12.6 Å². The van der Waals surface area contributed by atoms with Crippen LogP contribution in [0.2, 0.25) is 0 Å². The Labute approximate surface area is 123 Å². The lowest BCUT2D eigenvalue weighted by atomic mass is 10.2. The average molecular weight is 290 g/mol. The van der Waals surface area contributed by atoms with Crippen molar-refractivity contribution in [2.24, 2.45) is 5.73 Å². The molecule has 1 fully saturated rings. The van der Waals surface area contributed by atoms with E-state index < -0.39 is 0 Å². The first kappa shape index (κ1) is 14.1. The summed E-state index contributed by atoms with van der Waals surface area (Å²) in [6, 6.07) is 4.52. The molecule has 1 aliphatic rings. The van der Waals surface area contributed by atoms with Gasteiger partial charge in [-0.15, -0.1) is 0 Å². The SMILES string of the molecule is CN(CCO)c1cc(N[C@H]2CC[C@H](N)C2)n2nccc2n1. The van der Waals surface area contributed by atoms with E-state index in [2.05, 4.69) is 15.4 Å². The van der Waals surface area contributed by atoms with Crippen LogP contribution in [-0.4, -0.2) is 52.0 Å². The second-order valence-corrected chi connectivity index (χ2v) is 5.66. The minimum Gasteiger partial charge on any atom is -0.395 e. The molecule has 2 heterocycles. The summed E-state index contributed by atoms with van der Waals surface area (Å²) < 4.78 is 1.81. The number of anilines is 2. The van der Waals surface area contributed by atoms with Gasteiger partial charge < -0.3 is 21.1 Å². The molecule has 1 aliphatic carbocycles. The van der Waals surface area contributed by atoms with Gasteiger partial charge in [-0.1, -0.05) is 0 Å². The van der Waals surface area contributed by atoms with E-state index in [1.807, 2.05) is 24.1 Å². The lowest BCUT2D eigenvalue weighted by Crippen LogP contribution is -2.24. The van der Waals surface area contributed by atoms with Gasteiger partial charge in [0, 0.05) is 37.8 Å². The highest BCUT2D eigenvalue weighted by atomic mass is 16.3. The second-order valence-electron chi connectivity index (χ2n) is 5.66. The van der Waals surface area contributed by atoms with Crippen LogP contribution < -0.4 is 16.0 Å². The quantitative estimate of drug-likeness (QED) is 0.740. The molecule has 2 aromatic heterocycles. The molecule has 21 heavy (non-hydrogen) atoms. The number of likely N-dealkylation sites (N-methyl/N-ethyl adjacent to an activating group) is 1. The van der Waals surface area contributed by atoms with Crippen molar-refractivity contribution in [3.05, 3.63) is 18.3 Å². The third-order valence-corrected chi connectivity index (χ3v) is 4.00. The van der Waals surface area contributed by atoms with Crippen molar-refractivity contribution in [3.8, 4) is 0 Å². The standard InChI is InChI=1S/C14H22N6O/c1-19(6-7-21)13-9-14(17-11-3-2-10(15)8-11)20-12(18-13)4-5-16-20/h4-5,9-11,17,21H,2-3,6-8,15H2,1H3/t10-,11-/m0/s1. The number of rotatable bonds is 5. The number of aliphatic hydroxyl groups excluding tert-OH is 1. The van der Waals surface area contributed by atoms with Gasteiger partial charge >= 0.3 is 0 Å². The fraction of sp³-hybridized carbons (Fsp3) is 0.571. The van der Waals surface area contributed by atoms with Gasteiger partial charge in [0.2, 0.25) is 0 Å². The Balaban J connectivity index is 1.90. The van der Waals surface area contributed by atoms with Gasteiger partial charge in [-0.3, -0.25) is 0 Å². The summed E-state index contributed by atoms with van der Waals surface area (Å²) in [6.45, 7) is 0.647. The monoisotopic (exact) mass is 290 g/mol. The van der Waals surface area contributed by atoms with E-state index in [0.717, 1.165) is 36.5 Å². The molecule has 0 saturated heterocycles. The highest BCUT2D eigenvalue weighted by Gasteiger charge is 2.22. The molecule has 0 radical (unpaired) electrons. The van der Waals surface area contributed by atoms with Gasteiger partial charge in [-0.05, 0) is 19.3 Å². The topological polar surface area (TPSA) is 91.7 Å². The van der Waals surface area contributed by atoms with Crippen LogP contribution >= 0.6 is 0 Å². The maximum absolute atomic E-state index is 9.08. The summed E-state index contributed by atoms with van der Waals surface area (Å²) in [4.78, 5) is 6.48. The van der Waals surface area contributed by atoms with Crippen molar-refractivity contribution in [2.45, 2.75) is 31.3 Å². The van der Waals surface area contributed by atoms with E-state index in [1.165, 1.54) is 0 Å². The van der Waals surface area contributed by atoms with Gasteiger partial charge in [0.25, 0.3) is 0 Å². The Morgan fingerprint density at radius 3 is 3.10 bits per heavy atom. The summed E-state index contributed by atoms with van der Waals surface area (Å²) in [5.74, 6) is 1.74. The molecule has 4 N–H and O–H groups in total. The highest BCUT2D eigenvalue weighted by molar-refractivity contribution is 5.58. The molecule has 3 rings (SSSR count). The number of hydrogen-bond donors (Lipinski definition) is 3. The number of fused-ring (bicyclic) bond motifs is 1. The molecule has 0 bridgehead atoms. The van der Waals surface area contributed by atoms with Crippen LogP contribution in [0.1, 0.15) is 19.3 Å². The zero-order valence-corrected chi connectivity index (χ0v) is 12.2. The first-order valence-electron chi connectivity index (χ1n) is 7.36. The molecule has 0 amide bonds. The number of nitrogens with two attached hydrogens (primary N) is 1. The predicted octanol–water partition coefficient (Wildman–Crippen LogP) is 0.449. The van der Waals surface area contributed by atoms with Crippen LogP contribution in [0.3, 0.4) is 0 Å². The lowest BCUT2D eigenvalue weighted by Gasteiger charge is -2.20. The lowest BCUT2D eigenvalue weighted by molar-refractivity contribution is 0.304. The van der Waals surface area contributed by atoms with Crippen LogP contribution in [0.15, 0.2) is 18.3 Å². The van der Waals surface area contributed by atoms with Gasteiger partial charge in [0.05, 0.1) is 12.8 Å². The van der Waals surface area contributed by atoms with Crippen molar-refractivity contribution in [1.29, 1.82) is 0 Å². The number of nitrogens with one attached hydrogen (secondary N) is 1. The van der Waals surface area contributed by atoms with E-state index in [1.54, 1.807) is 10.7 Å². The van der Waals surface area contributed by atoms with E-state index in [4.69, 9.17) is 10.8 Å².